The molecule has 2 N–H and O–H groups in total. The molecule has 120 valence electrons. The maximum atomic E-state index is 11.9. The summed E-state index contributed by atoms with van der Waals surface area (Å²) in [5, 5.41) is 5.37. The smallest absolute Gasteiger partial charge is 0.244 e. The number of para-hydroxylation sites is 1. The van der Waals surface area contributed by atoms with Crippen molar-refractivity contribution < 1.29 is 14.3 Å². The van der Waals surface area contributed by atoms with Crippen molar-refractivity contribution in [1.29, 1.82) is 0 Å². The van der Waals surface area contributed by atoms with Gasteiger partial charge in [0.1, 0.15) is 11.8 Å². The minimum Gasteiger partial charge on any atom is -0.493 e. The zero-order valence-electron chi connectivity index (χ0n) is 13.4. The summed E-state index contributed by atoms with van der Waals surface area (Å²) in [5.74, 6) is 0.228. The third-order valence-electron chi connectivity index (χ3n) is 2.93. The van der Waals surface area contributed by atoms with E-state index < -0.39 is 6.04 Å². The van der Waals surface area contributed by atoms with Gasteiger partial charge in [-0.15, -0.1) is 0 Å². The average molecular weight is 304 g/mol. The molecule has 0 aliphatic rings. The second-order valence-corrected chi connectivity index (χ2v) is 4.83. The number of benzene rings is 1. The molecule has 1 aromatic carbocycles. The molecule has 0 aromatic heterocycles. The molecule has 0 spiro atoms. The van der Waals surface area contributed by atoms with E-state index in [4.69, 9.17) is 4.74 Å². The fraction of sp³-hybridized carbons (Fsp3) is 0.412. The van der Waals surface area contributed by atoms with Gasteiger partial charge in [0.2, 0.25) is 11.8 Å². The van der Waals surface area contributed by atoms with Crippen molar-refractivity contribution in [2.75, 3.05) is 13.2 Å². The van der Waals surface area contributed by atoms with Gasteiger partial charge in [-0.2, -0.15) is 0 Å². The first kappa shape index (κ1) is 17.8. The predicted octanol–water partition coefficient (Wildman–Crippen LogP) is 2.13. The van der Waals surface area contributed by atoms with Gasteiger partial charge in [0.05, 0.1) is 6.61 Å². The number of ether oxygens (including phenoxy) is 1. The number of amides is 2. The Bertz CT molecular complexity index is 526. The second-order valence-electron chi connectivity index (χ2n) is 4.83. The largest absolute Gasteiger partial charge is 0.493 e. The van der Waals surface area contributed by atoms with Crippen LogP contribution in [0.5, 0.6) is 5.75 Å². The van der Waals surface area contributed by atoms with Crippen LogP contribution in [-0.2, 0) is 9.59 Å². The Morgan fingerprint density at radius 2 is 2.00 bits per heavy atom. The number of carbonyl (C=O) groups excluding carboxylic acids is 2. The van der Waals surface area contributed by atoms with E-state index in [-0.39, 0.29) is 11.8 Å². The molecule has 0 unspecified atom stereocenters. The summed E-state index contributed by atoms with van der Waals surface area (Å²) in [6.07, 6.45) is 3.94. The fourth-order valence-corrected chi connectivity index (χ4v) is 1.80. The monoisotopic (exact) mass is 304 g/mol. The second kappa shape index (κ2) is 9.60. The van der Waals surface area contributed by atoms with Crippen LogP contribution in [-0.4, -0.2) is 31.0 Å². The topological polar surface area (TPSA) is 67.4 Å². The molecule has 0 radical (unpaired) electrons. The SMILES string of the molecule is CCCNC(=O)[C@@H](C)NC(=O)/C=C/c1ccccc1OCC. The number of hydrogen-bond acceptors (Lipinski definition) is 3. The van der Waals surface area contributed by atoms with Crippen LogP contribution >= 0.6 is 0 Å². The standard InChI is InChI=1S/C17H24N2O3/c1-4-12-18-17(21)13(3)19-16(20)11-10-14-8-6-7-9-15(14)22-5-2/h6-11,13H,4-5,12H2,1-3H3,(H,18,21)(H,19,20)/b11-10+/t13-/m1/s1. The fourth-order valence-electron chi connectivity index (χ4n) is 1.80. The van der Waals surface area contributed by atoms with E-state index in [2.05, 4.69) is 10.6 Å². The molecule has 1 aromatic rings. The highest BCUT2D eigenvalue weighted by Gasteiger charge is 2.13. The van der Waals surface area contributed by atoms with Crippen molar-refractivity contribution in [1.82, 2.24) is 10.6 Å². The van der Waals surface area contributed by atoms with E-state index in [1.165, 1.54) is 6.08 Å². The molecule has 0 saturated carbocycles. The number of hydrogen-bond donors (Lipinski definition) is 2. The highest BCUT2D eigenvalue weighted by molar-refractivity contribution is 5.95. The lowest BCUT2D eigenvalue weighted by atomic mass is 10.2. The lowest BCUT2D eigenvalue weighted by Crippen LogP contribution is -2.44. The van der Waals surface area contributed by atoms with Gasteiger partial charge in [-0.05, 0) is 32.4 Å². The maximum absolute atomic E-state index is 11.9. The summed E-state index contributed by atoms with van der Waals surface area (Å²) in [4.78, 5) is 23.5. The third kappa shape index (κ3) is 5.99. The zero-order chi connectivity index (χ0) is 16.4. The van der Waals surface area contributed by atoms with Crippen molar-refractivity contribution >= 4 is 17.9 Å². The van der Waals surface area contributed by atoms with Gasteiger partial charge in [-0.25, -0.2) is 0 Å². The van der Waals surface area contributed by atoms with Crippen LogP contribution in [0.25, 0.3) is 6.08 Å². The van der Waals surface area contributed by atoms with Crippen molar-refractivity contribution in [3.63, 3.8) is 0 Å². The number of nitrogens with one attached hydrogen (secondary N) is 2. The quantitative estimate of drug-likeness (QED) is 0.723. The van der Waals surface area contributed by atoms with E-state index in [1.54, 1.807) is 13.0 Å². The Kier molecular flexibility index (Phi) is 7.75. The molecule has 0 aliphatic carbocycles. The van der Waals surface area contributed by atoms with Crippen LogP contribution in [0, 0.1) is 0 Å². The van der Waals surface area contributed by atoms with Gasteiger partial charge >= 0.3 is 0 Å². The van der Waals surface area contributed by atoms with Crippen molar-refractivity contribution in [3.05, 3.63) is 35.9 Å². The molecule has 0 heterocycles. The first-order valence-electron chi connectivity index (χ1n) is 7.56. The molecule has 1 rings (SSSR count). The third-order valence-corrected chi connectivity index (χ3v) is 2.93. The van der Waals surface area contributed by atoms with E-state index in [0.29, 0.717) is 13.2 Å². The minimum atomic E-state index is -0.564. The molecule has 1 atom stereocenters. The van der Waals surface area contributed by atoms with Crippen LogP contribution in [0.1, 0.15) is 32.8 Å². The number of rotatable bonds is 8. The lowest BCUT2D eigenvalue weighted by molar-refractivity contribution is -0.126. The summed E-state index contributed by atoms with van der Waals surface area (Å²) < 4.78 is 5.49. The molecule has 0 bridgehead atoms. The zero-order valence-corrected chi connectivity index (χ0v) is 13.4. The Labute approximate surface area is 131 Å². The van der Waals surface area contributed by atoms with Gasteiger partial charge in [0, 0.05) is 18.2 Å². The van der Waals surface area contributed by atoms with Crippen LogP contribution < -0.4 is 15.4 Å². The number of carbonyl (C=O) groups is 2. The Morgan fingerprint density at radius 3 is 2.68 bits per heavy atom. The Balaban J connectivity index is 2.59. The van der Waals surface area contributed by atoms with E-state index in [1.807, 2.05) is 38.1 Å². The minimum absolute atomic E-state index is 0.182. The first-order valence-corrected chi connectivity index (χ1v) is 7.56. The summed E-state index contributed by atoms with van der Waals surface area (Å²) >= 11 is 0. The molecular weight excluding hydrogens is 280 g/mol. The van der Waals surface area contributed by atoms with Gasteiger partial charge < -0.3 is 15.4 Å². The predicted molar refractivity (Wildman–Crippen MR) is 87.6 cm³/mol. The summed E-state index contributed by atoms with van der Waals surface area (Å²) in [6.45, 7) is 6.71. The highest BCUT2D eigenvalue weighted by Crippen LogP contribution is 2.19. The van der Waals surface area contributed by atoms with Crippen LogP contribution in [0.4, 0.5) is 0 Å². The van der Waals surface area contributed by atoms with Gasteiger partial charge in [0.25, 0.3) is 0 Å². The molecule has 2 amide bonds. The summed E-state index contributed by atoms with van der Waals surface area (Å²) in [6, 6.07) is 6.91. The molecule has 0 aliphatic heterocycles. The molecular formula is C17H24N2O3. The molecule has 5 nitrogen and oxygen atoms in total. The maximum Gasteiger partial charge on any atom is 0.244 e. The lowest BCUT2D eigenvalue weighted by Gasteiger charge is -2.12. The van der Waals surface area contributed by atoms with Crippen LogP contribution in [0.3, 0.4) is 0 Å². The average Bonchev–Trinajstić information content (AvgIpc) is 2.52. The Morgan fingerprint density at radius 1 is 1.27 bits per heavy atom. The van der Waals surface area contributed by atoms with Crippen LogP contribution in [0.2, 0.25) is 0 Å². The summed E-state index contributed by atoms with van der Waals surface area (Å²) in [5.41, 5.74) is 0.822. The molecule has 0 fully saturated rings. The van der Waals surface area contributed by atoms with E-state index >= 15 is 0 Å². The van der Waals surface area contributed by atoms with E-state index in [0.717, 1.165) is 17.7 Å². The van der Waals surface area contributed by atoms with Gasteiger partial charge in [0.15, 0.2) is 0 Å². The van der Waals surface area contributed by atoms with Crippen molar-refractivity contribution in [2.24, 2.45) is 0 Å². The highest BCUT2D eigenvalue weighted by atomic mass is 16.5. The normalized spacial score (nSPS) is 12.0. The van der Waals surface area contributed by atoms with Crippen molar-refractivity contribution in [3.8, 4) is 5.75 Å². The summed E-state index contributed by atoms with van der Waals surface area (Å²) in [7, 11) is 0. The Hall–Kier alpha value is -2.30. The molecule has 22 heavy (non-hydrogen) atoms. The van der Waals surface area contributed by atoms with E-state index in [9.17, 15) is 9.59 Å². The van der Waals surface area contributed by atoms with Gasteiger partial charge in [-0.3, -0.25) is 9.59 Å². The molecule has 5 heteroatoms. The van der Waals surface area contributed by atoms with Gasteiger partial charge in [-0.1, -0.05) is 25.1 Å². The van der Waals surface area contributed by atoms with Crippen molar-refractivity contribution in [2.45, 2.75) is 33.2 Å². The van der Waals surface area contributed by atoms with Crippen LogP contribution in [0.15, 0.2) is 30.3 Å². The molecule has 0 saturated heterocycles. The first-order chi connectivity index (χ1) is 10.6.